The lowest BCUT2D eigenvalue weighted by atomic mass is 9.80. The first kappa shape index (κ1) is 15.6. The number of aliphatic hydroxyl groups excluding tert-OH is 1. The number of carbonyl (C=O) groups is 1. The van der Waals surface area contributed by atoms with E-state index >= 15 is 0 Å². The van der Waals surface area contributed by atoms with Gasteiger partial charge >= 0.3 is 6.09 Å². The van der Waals surface area contributed by atoms with Crippen LogP contribution in [-0.2, 0) is 10.2 Å². The first-order valence-corrected chi connectivity index (χ1v) is 7.09. The van der Waals surface area contributed by atoms with Crippen LogP contribution in [0, 0.1) is 0 Å². The van der Waals surface area contributed by atoms with Gasteiger partial charge in [-0.25, -0.2) is 4.79 Å². The molecule has 1 aliphatic rings. The average Bonchev–Trinajstić information content (AvgIpc) is 2.95. The number of H-pyrrole nitrogens is 1. The lowest BCUT2D eigenvalue weighted by molar-refractivity contribution is 0.0280. The SMILES string of the molecule is CC(C)(C)OC(=O)N1CC[C@](CCO)(c2cc(O)n[nH]2)C1. The van der Waals surface area contributed by atoms with Crippen molar-refractivity contribution in [1.29, 1.82) is 0 Å². The van der Waals surface area contributed by atoms with Gasteiger partial charge in [-0.05, 0) is 33.6 Å². The van der Waals surface area contributed by atoms with Gasteiger partial charge in [0.15, 0.2) is 0 Å². The average molecular weight is 297 g/mol. The minimum absolute atomic E-state index is 0.00192. The highest BCUT2D eigenvalue weighted by molar-refractivity contribution is 5.69. The summed E-state index contributed by atoms with van der Waals surface area (Å²) < 4.78 is 5.38. The lowest BCUT2D eigenvalue weighted by Gasteiger charge is -2.28. The molecular weight excluding hydrogens is 274 g/mol. The summed E-state index contributed by atoms with van der Waals surface area (Å²) in [5.74, 6) is -0.0852. The van der Waals surface area contributed by atoms with Gasteiger partial charge in [0.1, 0.15) is 5.60 Å². The lowest BCUT2D eigenvalue weighted by Crippen LogP contribution is -2.38. The molecule has 1 aromatic heterocycles. The van der Waals surface area contributed by atoms with Crippen molar-refractivity contribution in [2.75, 3.05) is 19.7 Å². The quantitative estimate of drug-likeness (QED) is 0.782. The van der Waals surface area contributed by atoms with Crippen molar-refractivity contribution in [3.63, 3.8) is 0 Å². The Bertz CT molecular complexity index is 509. The zero-order chi connectivity index (χ0) is 15.7. The van der Waals surface area contributed by atoms with Gasteiger partial charge in [0, 0.05) is 36.9 Å². The molecule has 0 unspecified atom stereocenters. The van der Waals surface area contributed by atoms with Crippen LogP contribution >= 0.6 is 0 Å². The van der Waals surface area contributed by atoms with Crippen molar-refractivity contribution in [3.05, 3.63) is 11.8 Å². The third kappa shape index (κ3) is 3.47. The molecule has 7 nitrogen and oxygen atoms in total. The number of ether oxygens (including phenoxy) is 1. The fourth-order valence-corrected chi connectivity index (χ4v) is 2.71. The second-order valence-electron chi connectivity index (χ2n) is 6.55. The zero-order valence-corrected chi connectivity index (χ0v) is 12.7. The molecule has 2 rings (SSSR count). The Hall–Kier alpha value is -1.76. The molecule has 0 aromatic carbocycles. The van der Waals surface area contributed by atoms with Crippen LogP contribution in [0.15, 0.2) is 6.07 Å². The van der Waals surface area contributed by atoms with Crippen LogP contribution in [0.4, 0.5) is 4.79 Å². The summed E-state index contributed by atoms with van der Waals surface area (Å²) in [6.45, 7) is 6.47. The molecule has 1 aliphatic heterocycles. The zero-order valence-electron chi connectivity index (χ0n) is 12.7. The Labute approximate surface area is 123 Å². The predicted molar refractivity (Wildman–Crippen MR) is 76.1 cm³/mol. The van der Waals surface area contributed by atoms with Crippen molar-refractivity contribution < 1.29 is 19.7 Å². The number of nitrogens with zero attached hydrogens (tertiary/aromatic N) is 2. The number of amides is 1. The summed E-state index contributed by atoms with van der Waals surface area (Å²) in [5, 5.41) is 25.3. The summed E-state index contributed by atoms with van der Waals surface area (Å²) in [5.41, 5.74) is -0.217. The minimum atomic E-state index is -0.536. The first-order chi connectivity index (χ1) is 9.76. The molecule has 1 saturated heterocycles. The molecule has 1 amide bonds. The number of rotatable bonds is 3. The van der Waals surface area contributed by atoms with Crippen molar-refractivity contribution in [3.8, 4) is 5.88 Å². The molecular formula is C14H23N3O4. The largest absolute Gasteiger partial charge is 0.492 e. The molecule has 3 N–H and O–H groups in total. The van der Waals surface area contributed by atoms with Gasteiger partial charge in [0.2, 0.25) is 5.88 Å². The van der Waals surface area contributed by atoms with E-state index in [2.05, 4.69) is 10.2 Å². The number of nitrogens with one attached hydrogen (secondary N) is 1. The molecule has 0 spiro atoms. The highest BCUT2D eigenvalue weighted by Crippen LogP contribution is 2.38. The Morgan fingerprint density at radius 2 is 2.29 bits per heavy atom. The fourth-order valence-electron chi connectivity index (χ4n) is 2.71. The number of hydrogen-bond acceptors (Lipinski definition) is 5. The van der Waals surface area contributed by atoms with E-state index < -0.39 is 11.0 Å². The molecule has 0 bridgehead atoms. The number of hydrogen-bond donors (Lipinski definition) is 3. The van der Waals surface area contributed by atoms with Gasteiger partial charge in [-0.3, -0.25) is 5.10 Å². The number of aromatic hydroxyl groups is 1. The monoisotopic (exact) mass is 297 g/mol. The Morgan fingerprint density at radius 1 is 1.57 bits per heavy atom. The van der Waals surface area contributed by atoms with Crippen LogP contribution in [0.1, 0.15) is 39.3 Å². The molecule has 1 atom stereocenters. The van der Waals surface area contributed by atoms with Crippen molar-refractivity contribution >= 4 is 6.09 Å². The van der Waals surface area contributed by atoms with Crippen LogP contribution in [0.25, 0.3) is 0 Å². The molecule has 1 fully saturated rings. The Morgan fingerprint density at radius 3 is 2.81 bits per heavy atom. The van der Waals surface area contributed by atoms with Crippen LogP contribution in [0.2, 0.25) is 0 Å². The van der Waals surface area contributed by atoms with Gasteiger partial charge in [0.05, 0.1) is 0 Å². The summed E-state index contributed by atoms with van der Waals surface area (Å²) in [4.78, 5) is 13.8. The van der Waals surface area contributed by atoms with Gasteiger partial charge in [-0.1, -0.05) is 0 Å². The van der Waals surface area contributed by atoms with E-state index in [0.29, 0.717) is 25.9 Å². The third-order valence-corrected chi connectivity index (χ3v) is 3.73. The molecule has 2 heterocycles. The third-order valence-electron chi connectivity index (χ3n) is 3.73. The van der Waals surface area contributed by atoms with Crippen molar-refractivity contribution in [2.45, 2.75) is 44.6 Å². The van der Waals surface area contributed by atoms with Crippen LogP contribution in [0.5, 0.6) is 5.88 Å². The van der Waals surface area contributed by atoms with E-state index in [9.17, 15) is 15.0 Å². The molecule has 0 aliphatic carbocycles. The van der Waals surface area contributed by atoms with E-state index in [0.717, 1.165) is 5.69 Å². The summed E-state index contributed by atoms with van der Waals surface area (Å²) in [7, 11) is 0. The maximum absolute atomic E-state index is 12.2. The molecule has 0 saturated carbocycles. The normalized spacial score (nSPS) is 22.6. The highest BCUT2D eigenvalue weighted by Gasteiger charge is 2.43. The topological polar surface area (TPSA) is 98.7 Å². The van der Waals surface area contributed by atoms with Crippen LogP contribution in [0.3, 0.4) is 0 Å². The van der Waals surface area contributed by atoms with Gasteiger partial charge in [-0.15, -0.1) is 5.10 Å². The predicted octanol–water partition coefficient (Wildman–Crippen LogP) is 1.38. The molecule has 21 heavy (non-hydrogen) atoms. The first-order valence-electron chi connectivity index (χ1n) is 7.09. The second-order valence-corrected chi connectivity index (χ2v) is 6.55. The fraction of sp³-hybridized carbons (Fsp3) is 0.714. The van der Waals surface area contributed by atoms with E-state index in [4.69, 9.17) is 4.74 Å². The molecule has 118 valence electrons. The van der Waals surface area contributed by atoms with Gasteiger partial charge in [-0.2, -0.15) is 0 Å². The number of aromatic nitrogens is 2. The summed E-state index contributed by atoms with van der Waals surface area (Å²) >= 11 is 0. The van der Waals surface area contributed by atoms with E-state index in [1.54, 1.807) is 11.0 Å². The molecule has 1 aromatic rings. The Kier molecular flexibility index (Phi) is 4.13. The highest BCUT2D eigenvalue weighted by atomic mass is 16.6. The second kappa shape index (κ2) is 5.55. The summed E-state index contributed by atoms with van der Waals surface area (Å²) in [6.07, 6.45) is 0.827. The van der Waals surface area contributed by atoms with E-state index in [-0.39, 0.29) is 18.6 Å². The van der Waals surface area contributed by atoms with Gasteiger partial charge < -0.3 is 19.8 Å². The molecule has 0 radical (unpaired) electrons. The Balaban J connectivity index is 2.14. The van der Waals surface area contributed by atoms with Crippen molar-refractivity contribution in [2.24, 2.45) is 0 Å². The number of carbonyl (C=O) groups excluding carboxylic acids is 1. The van der Waals surface area contributed by atoms with E-state index in [1.165, 1.54) is 0 Å². The van der Waals surface area contributed by atoms with E-state index in [1.807, 2.05) is 20.8 Å². The molecule has 7 heteroatoms. The maximum atomic E-state index is 12.2. The number of aromatic amines is 1. The van der Waals surface area contributed by atoms with Crippen LogP contribution in [-0.4, -0.2) is 56.7 Å². The minimum Gasteiger partial charge on any atom is -0.492 e. The smallest absolute Gasteiger partial charge is 0.410 e. The van der Waals surface area contributed by atoms with Crippen LogP contribution < -0.4 is 0 Å². The standard InChI is InChI=1S/C14H23N3O4/c1-13(2,3)21-12(20)17-6-4-14(9-17,5-7-18)10-8-11(19)16-15-10/h8,18H,4-7,9H2,1-3H3,(H2,15,16,19)/t14-/m1/s1. The number of likely N-dealkylation sites (tertiary alicyclic amines) is 1. The maximum Gasteiger partial charge on any atom is 0.410 e. The van der Waals surface area contributed by atoms with Crippen molar-refractivity contribution in [1.82, 2.24) is 15.1 Å². The van der Waals surface area contributed by atoms with Gasteiger partial charge in [0.25, 0.3) is 0 Å². The summed E-state index contributed by atoms with van der Waals surface area (Å²) in [6, 6.07) is 1.55. The number of aliphatic hydroxyl groups is 1.